The van der Waals surface area contributed by atoms with E-state index >= 15 is 0 Å². The Labute approximate surface area is 145 Å². The molecule has 0 radical (unpaired) electrons. The van der Waals surface area contributed by atoms with Crippen LogP contribution >= 0.6 is 0 Å². The number of sulfone groups is 1. The molecule has 3 rings (SSSR count). The van der Waals surface area contributed by atoms with Gasteiger partial charge in [-0.15, -0.1) is 0 Å². The number of carbonyl (C=O) groups excluding carboxylic acids is 1. The minimum absolute atomic E-state index is 0.0544. The Kier molecular flexibility index (Phi) is 4.67. The predicted octanol–water partition coefficient (Wildman–Crippen LogP) is 2.92. The molecule has 0 saturated carbocycles. The topological polar surface area (TPSA) is 89.3 Å². The molecule has 0 unspecified atom stereocenters. The van der Waals surface area contributed by atoms with Crippen molar-refractivity contribution in [2.75, 3.05) is 11.6 Å². The van der Waals surface area contributed by atoms with E-state index in [1.54, 1.807) is 24.5 Å². The first-order valence-corrected chi connectivity index (χ1v) is 9.40. The number of carbonyl (C=O) groups is 1. The maximum absolute atomic E-state index is 12.1. The van der Waals surface area contributed by atoms with Crippen LogP contribution in [0.2, 0.25) is 0 Å². The van der Waals surface area contributed by atoms with Gasteiger partial charge in [0.2, 0.25) is 14.9 Å². The number of pyridine rings is 1. The summed E-state index contributed by atoms with van der Waals surface area (Å²) in [5.74, 6) is -0.557. The third-order valence-corrected chi connectivity index (χ3v) is 4.49. The average molecular weight is 356 g/mol. The van der Waals surface area contributed by atoms with Crippen LogP contribution in [0.25, 0.3) is 0 Å². The van der Waals surface area contributed by atoms with Crippen LogP contribution in [0.1, 0.15) is 21.7 Å². The van der Waals surface area contributed by atoms with E-state index in [9.17, 15) is 13.2 Å². The lowest BCUT2D eigenvalue weighted by Gasteiger charge is -2.05. The van der Waals surface area contributed by atoms with Gasteiger partial charge in [0.25, 0.3) is 5.91 Å². The summed E-state index contributed by atoms with van der Waals surface area (Å²) in [5.41, 5.74) is 2.85. The van der Waals surface area contributed by atoms with Gasteiger partial charge in [-0.3, -0.25) is 9.78 Å². The summed E-state index contributed by atoms with van der Waals surface area (Å²) in [4.78, 5) is 16.1. The molecule has 2 aromatic heterocycles. The number of amides is 1. The lowest BCUT2D eigenvalue weighted by molar-refractivity contribution is 0.0991. The van der Waals surface area contributed by atoms with Gasteiger partial charge in [-0.1, -0.05) is 12.1 Å². The zero-order valence-corrected chi connectivity index (χ0v) is 14.3. The van der Waals surface area contributed by atoms with E-state index in [1.807, 2.05) is 24.3 Å². The second kappa shape index (κ2) is 6.90. The van der Waals surface area contributed by atoms with Gasteiger partial charge in [0, 0.05) is 24.3 Å². The van der Waals surface area contributed by atoms with Crippen LogP contribution in [0.5, 0.6) is 0 Å². The van der Waals surface area contributed by atoms with Gasteiger partial charge in [0.15, 0.2) is 5.76 Å². The number of hydrogen-bond acceptors (Lipinski definition) is 5. The highest BCUT2D eigenvalue weighted by Crippen LogP contribution is 2.17. The molecule has 6 nitrogen and oxygen atoms in total. The Hall–Kier alpha value is -2.93. The molecule has 1 aromatic carbocycles. The molecule has 0 aliphatic rings. The zero-order valence-electron chi connectivity index (χ0n) is 13.5. The predicted molar refractivity (Wildman–Crippen MR) is 93.3 cm³/mol. The van der Waals surface area contributed by atoms with Crippen LogP contribution < -0.4 is 5.32 Å². The first-order valence-electron chi connectivity index (χ1n) is 7.51. The SMILES string of the molecule is CS(=O)(=O)c1ccc(C(=O)Nc2ccc(Cc3ccncc3)cc2)o1. The molecule has 0 spiro atoms. The van der Waals surface area contributed by atoms with Gasteiger partial charge in [-0.25, -0.2) is 8.42 Å². The van der Waals surface area contributed by atoms with Crippen LogP contribution in [0.15, 0.2) is 70.4 Å². The van der Waals surface area contributed by atoms with E-state index in [4.69, 9.17) is 4.42 Å². The second-order valence-corrected chi connectivity index (χ2v) is 7.52. The largest absolute Gasteiger partial charge is 0.440 e. The average Bonchev–Trinajstić information content (AvgIpc) is 3.08. The Bertz CT molecular complexity index is 977. The number of anilines is 1. The molecule has 0 atom stereocenters. The fraction of sp³-hybridized carbons (Fsp3) is 0.111. The van der Waals surface area contributed by atoms with Crippen molar-refractivity contribution in [3.05, 3.63) is 77.8 Å². The lowest BCUT2D eigenvalue weighted by Crippen LogP contribution is -2.10. The Morgan fingerprint density at radius 2 is 1.64 bits per heavy atom. The molecule has 7 heteroatoms. The van der Waals surface area contributed by atoms with Crippen LogP contribution in [0.4, 0.5) is 5.69 Å². The standard InChI is InChI=1S/C18H16N2O4S/c1-25(22,23)17-7-6-16(24-17)18(21)20-15-4-2-13(3-5-15)12-14-8-10-19-11-9-14/h2-11H,12H2,1H3,(H,20,21). The maximum atomic E-state index is 12.1. The van der Waals surface area contributed by atoms with Crippen LogP contribution in [0, 0.1) is 0 Å². The van der Waals surface area contributed by atoms with E-state index in [0.29, 0.717) is 5.69 Å². The second-order valence-electron chi connectivity index (χ2n) is 5.57. The molecular formula is C18H16N2O4S. The molecule has 1 amide bonds. The molecule has 0 bridgehead atoms. The number of furan rings is 1. The smallest absolute Gasteiger partial charge is 0.291 e. The van der Waals surface area contributed by atoms with Crippen molar-refractivity contribution in [1.82, 2.24) is 4.98 Å². The number of aromatic nitrogens is 1. The summed E-state index contributed by atoms with van der Waals surface area (Å²) >= 11 is 0. The summed E-state index contributed by atoms with van der Waals surface area (Å²) in [7, 11) is -3.47. The Morgan fingerprint density at radius 3 is 2.24 bits per heavy atom. The van der Waals surface area contributed by atoms with E-state index in [0.717, 1.165) is 23.8 Å². The summed E-state index contributed by atoms with van der Waals surface area (Å²) in [6.45, 7) is 0. The van der Waals surface area contributed by atoms with E-state index in [2.05, 4.69) is 10.3 Å². The molecule has 2 heterocycles. The fourth-order valence-electron chi connectivity index (χ4n) is 2.28. The third-order valence-electron chi connectivity index (χ3n) is 3.54. The van der Waals surface area contributed by atoms with Crippen molar-refractivity contribution in [3.8, 4) is 0 Å². The highest BCUT2D eigenvalue weighted by atomic mass is 32.2. The molecule has 128 valence electrons. The summed E-state index contributed by atoms with van der Waals surface area (Å²) in [6.07, 6.45) is 5.29. The number of benzene rings is 1. The van der Waals surface area contributed by atoms with Gasteiger partial charge in [0.05, 0.1) is 0 Å². The number of nitrogens with zero attached hydrogens (tertiary/aromatic N) is 1. The molecule has 0 aliphatic heterocycles. The highest BCUT2D eigenvalue weighted by Gasteiger charge is 2.17. The molecule has 3 aromatic rings. The van der Waals surface area contributed by atoms with Crippen molar-refractivity contribution in [3.63, 3.8) is 0 Å². The zero-order chi connectivity index (χ0) is 17.9. The van der Waals surface area contributed by atoms with Gasteiger partial charge in [-0.05, 0) is 53.9 Å². The van der Waals surface area contributed by atoms with E-state index in [1.165, 1.54) is 12.1 Å². The van der Waals surface area contributed by atoms with Gasteiger partial charge >= 0.3 is 0 Å². The Balaban J connectivity index is 1.67. The summed E-state index contributed by atoms with van der Waals surface area (Å²) < 4.78 is 27.8. The summed E-state index contributed by atoms with van der Waals surface area (Å²) in [5, 5.41) is 2.45. The van der Waals surface area contributed by atoms with E-state index in [-0.39, 0.29) is 10.9 Å². The molecule has 1 N–H and O–H groups in total. The minimum Gasteiger partial charge on any atom is -0.440 e. The van der Waals surface area contributed by atoms with Crippen LogP contribution in [-0.4, -0.2) is 25.6 Å². The number of rotatable bonds is 5. The first-order chi connectivity index (χ1) is 11.9. The van der Waals surface area contributed by atoms with Crippen molar-refractivity contribution in [2.24, 2.45) is 0 Å². The third kappa shape index (κ3) is 4.33. The lowest BCUT2D eigenvalue weighted by atomic mass is 10.1. The summed E-state index contributed by atoms with van der Waals surface area (Å²) in [6, 6.07) is 13.9. The normalized spacial score (nSPS) is 11.2. The quantitative estimate of drug-likeness (QED) is 0.759. The van der Waals surface area contributed by atoms with Gasteiger partial charge < -0.3 is 9.73 Å². The van der Waals surface area contributed by atoms with Crippen LogP contribution in [0.3, 0.4) is 0 Å². The fourth-order valence-corrected chi connectivity index (χ4v) is 2.83. The molecule has 25 heavy (non-hydrogen) atoms. The number of hydrogen-bond donors (Lipinski definition) is 1. The Morgan fingerprint density at radius 1 is 1.00 bits per heavy atom. The monoisotopic (exact) mass is 356 g/mol. The van der Waals surface area contributed by atoms with Crippen molar-refractivity contribution < 1.29 is 17.6 Å². The highest BCUT2D eigenvalue weighted by molar-refractivity contribution is 7.90. The van der Waals surface area contributed by atoms with Gasteiger partial charge in [-0.2, -0.15) is 0 Å². The molecule has 0 saturated heterocycles. The van der Waals surface area contributed by atoms with Crippen molar-refractivity contribution in [1.29, 1.82) is 0 Å². The van der Waals surface area contributed by atoms with Crippen molar-refractivity contribution >= 4 is 21.4 Å². The van der Waals surface area contributed by atoms with E-state index < -0.39 is 15.7 Å². The molecule has 0 aliphatic carbocycles. The molecular weight excluding hydrogens is 340 g/mol. The van der Waals surface area contributed by atoms with Crippen LogP contribution in [-0.2, 0) is 16.3 Å². The molecule has 0 fully saturated rings. The first kappa shape index (κ1) is 16.9. The minimum atomic E-state index is -3.47. The van der Waals surface area contributed by atoms with Crippen molar-refractivity contribution in [2.45, 2.75) is 11.5 Å². The number of nitrogens with one attached hydrogen (secondary N) is 1. The maximum Gasteiger partial charge on any atom is 0.291 e. The van der Waals surface area contributed by atoms with Gasteiger partial charge in [0.1, 0.15) is 0 Å².